The van der Waals surface area contributed by atoms with Gasteiger partial charge in [-0.15, -0.1) is 0 Å². The van der Waals surface area contributed by atoms with Crippen LogP contribution in [0.5, 0.6) is 0 Å². The molecule has 1 aliphatic rings. The van der Waals surface area contributed by atoms with E-state index in [0.29, 0.717) is 43.4 Å². The highest BCUT2D eigenvalue weighted by Gasteiger charge is 2.21. The van der Waals surface area contributed by atoms with Crippen molar-refractivity contribution in [2.45, 2.75) is 6.92 Å². The van der Waals surface area contributed by atoms with Gasteiger partial charge in [-0.05, 0) is 13.0 Å². The van der Waals surface area contributed by atoms with Crippen LogP contribution in [0.2, 0.25) is 0 Å². The maximum Gasteiger partial charge on any atom is 0.339 e. The third-order valence-corrected chi connectivity index (χ3v) is 2.85. The van der Waals surface area contributed by atoms with Crippen molar-refractivity contribution in [2.75, 3.05) is 31.2 Å². The highest BCUT2D eigenvalue weighted by molar-refractivity contribution is 5.94. The summed E-state index contributed by atoms with van der Waals surface area (Å²) in [5.74, 6) is -0.650. The molecule has 0 radical (unpaired) electrons. The SMILES string of the molecule is Cc1nc(N2CCOCC2)c(C(=O)O)cc1C#N. The molecule has 6 nitrogen and oxygen atoms in total. The molecule has 0 atom stereocenters. The van der Waals surface area contributed by atoms with E-state index in [0.717, 1.165) is 0 Å². The van der Waals surface area contributed by atoms with Crippen molar-refractivity contribution in [1.82, 2.24) is 4.98 Å². The molecule has 1 aromatic heterocycles. The van der Waals surface area contributed by atoms with Crippen molar-refractivity contribution in [3.05, 3.63) is 22.9 Å². The van der Waals surface area contributed by atoms with E-state index in [2.05, 4.69) is 4.98 Å². The van der Waals surface area contributed by atoms with Gasteiger partial charge in [0.1, 0.15) is 17.5 Å². The molecule has 18 heavy (non-hydrogen) atoms. The van der Waals surface area contributed by atoms with Crippen molar-refractivity contribution in [3.63, 3.8) is 0 Å². The zero-order valence-corrected chi connectivity index (χ0v) is 10.0. The van der Waals surface area contributed by atoms with Gasteiger partial charge in [0.15, 0.2) is 0 Å². The number of aromatic carboxylic acids is 1. The normalized spacial score (nSPS) is 15.2. The molecule has 1 fully saturated rings. The number of nitrogens with zero attached hydrogens (tertiary/aromatic N) is 3. The van der Waals surface area contributed by atoms with E-state index in [4.69, 9.17) is 10.00 Å². The molecule has 0 aromatic carbocycles. The lowest BCUT2D eigenvalue weighted by molar-refractivity contribution is 0.0695. The Morgan fingerprint density at radius 2 is 2.22 bits per heavy atom. The van der Waals surface area contributed by atoms with Crippen LogP contribution in [0, 0.1) is 18.3 Å². The van der Waals surface area contributed by atoms with Crippen LogP contribution in [0.3, 0.4) is 0 Å². The molecule has 0 aliphatic carbocycles. The molecule has 0 bridgehead atoms. The molecule has 94 valence electrons. The predicted octanol–water partition coefficient (Wildman–Crippen LogP) is 0.796. The van der Waals surface area contributed by atoms with Crippen LogP contribution in [-0.4, -0.2) is 42.4 Å². The van der Waals surface area contributed by atoms with Crippen LogP contribution in [0.4, 0.5) is 5.82 Å². The van der Waals surface area contributed by atoms with Crippen molar-refractivity contribution in [3.8, 4) is 6.07 Å². The maximum atomic E-state index is 11.2. The second kappa shape index (κ2) is 5.02. The van der Waals surface area contributed by atoms with Crippen LogP contribution in [-0.2, 0) is 4.74 Å². The first-order valence-corrected chi connectivity index (χ1v) is 5.61. The summed E-state index contributed by atoms with van der Waals surface area (Å²) < 4.78 is 5.23. The molecule has 1 saturated heterocycles. The molecule has 0 spiro atoms. The van der Waals surface area contributed by atoms with Gasteiger partial charge < -0.3 is 14.7 Å². The highest BCUT2D eigenvalue weighted by atomic mass is 16.5. The number of hydrogen-bond donors (Lipinski definition) is 1. The summed E-state index contributed by atoms with van der Waals surface area (Å²) in [5.41, 5.74) is 0.910. The van der Waals surface area contributed by atoms with E-state index in [-0.39, 0.29) is 5.56 Å². The van der Waals surface area contributed by atoms with Gasteiger partial charge in [-0.2, -0.15) is 5.26 Å². The van der Waals surface area contributed by atoms with Crippen LogP contribution < -0.4 is 4.90 Å². The number of pyridine rings is 1. The summed E-state index contributed by atoms with van der Waals surface area (Å²) in [6, 6.07) is 3.34. The smallest absolute Gasteiger partial charge is 0.339 e. The van der Waals surface area contributed by atoms with Crippen LogP contribution >= 0.6 is 0 Å². The lowest BCUT2D eigenvalue weighted by Crippen LogP contribution is -2.38. The lowest BCUT2D eigenvalue weighted by atomic mass is 10.1. The van der Waals surface area contributed by atoms with Gasteiger partial charge in [0.25, 0.3) is 0 Å². The molecular weight excluding hydrogens is 234 g/mol. The second-order valence-electron chi connectivity index (χ2n) is 4.01. The van der Waals surface area contributed by atoms with Crippen molar-refractivity contribution in [2.24, 2.45) is 0 Å². The van der Waals surface area contributed by atoms with E-state index < -0.39 is 5.97 Å². The van der Waals surface area contributed by atoms with E-state index in [9.17, 15) is 9.90 Å². The first-order chi connectivity index (χ1) is 8.63. The molecule has 2 rings (SSSR count). The first kappa shape index (κ1) is 12.3. The summed E-state index contributed by atoms with van der Waals surface area (Å²) in [6.45, 7) is 4.03. The molecule has 6 heteroatoms. The Morgan fingerprint density at radius 1 is 1.56 bits per heavy atom. The fraction of sp³-hybridized carbons (Fsp3) is 0.417. The number of aromatic nitrogens is 1. The Balaban J connectivity index is 2.47. The number of carboxylic acids is 1. The Hall–Kier alpha value is -2.13. The third-order valence-electron chi connectivity index (χ3n) is 2.85. The van der Waals surface area contributed by atoms with Gasteiger partial charge in [0, 0.05) is 13.1 Å². The zero-order valence-electron chi connectivity index (χ0n) is 10.0. The largest absolute Gasteiger partial charge is 0.478 e. The lowest BCUT2D eigenvalue weighted by Gasteiger charge is -2.29. The standard InChI is InChI=1S/C12H13N3O3/c1-8-9(7-13)6-10(12(16)17)11(14-8)15-2-4-18-5-3-15/h6H,2-5H2,1H3,(H,16,17). The molecule has 0 saturated carbocycles. The summed E-state index contributed by atoms with van der Waals surface area (Å²) in [4.78, 5) is 17.4. The molecule has 2 heterocycles. The minimum Gasteiger partial charge on any atom is -0.478 e. The maximum absolute atomic E-state index is 11.2. The number of anilines is 1. The summed E-state index contributed by atoms with van der Waals surface area (Å²) in [5, 5.41) is 18.1. The monoisotopic (exact) mass is 247 g/mol. The van der Waals surface area contributed by atoms with Gasteiger partial charge in [-0.1, -0.05) is 0 Å². The number of rotatable bonds is 2. The first-order valence-electron chi connectivity index (χ1n) is 5.61. The van der Waals surface area contributed by atoms with Crippen molar-refractivity contribution in [1.29, 1.82) is 5.26 Å². The summed E-state index contributed by atoms with van der Waals surface area (Å²) in [7, 11) is 0. The van der Waals surface area contributed by atoms with Crippen molar-refractivity contribution >= 4 is 11.8 Å². The number of morpholine rings is 1. The van der Waals surface area contributed by atoms with Crippen molar-refractivity contribution < 1.29 is 14.6 Å². The average Bonchev–Trinajstić information content (AvgIpc) is 2.39. The third kappa shape index (κ3) is 2.26. The van der Waals surface area contributed by atoms with E-state index in [1.54, 1.807) is 6.92 Å². The number of nitriles is 1. The Morgan fingerprint density at radius 3 is 2.78 bits per heavy atom. The Labute approximate surface area is 104 Å². The fourth-order valence-electron chi connectivity index (χ4n) is 1.88. The van der Waals surface area contributed by atoms with E-state index in [1.807, 2.05) is 11.0 Å². The quantitative estimate of drug-likeness (QED) is 0.831. The molecule has 0 amide bonds. The van der Waals surface area contributed by atoms with Crippen LogP contribution in [0.25, 0.3) is 0 Å². The highest BCUT2D eigenvalue weighted by Crippen LogP contribution is 2.22. The van der Waals surface area contributed by atoms with Crippen LogP contribution in [0.1, 0.15) is 21.6 Å². The molecule has 1 aromatic rings. The number of hydrogen-bond acceptors (Lipinski definition) is 5. The number of ether oxygens (including phenoxy) is 1. The predicted molar refractivity (Wildman–Crippen MR) is 63.7 cm³/mol. The number of carboxylic acid groups (broad SMARTS) is 1. The van der Waals surface area contributed by atoms with Gasteiger partial charge in [-0.3, -0.25) is 0 Å². The second-order valence-corrected chi connectivity index (χ2v) is 4.01. The molecule has 1 aliphatic heterocycles. The van der Waals surface area contributed by atoms with E-state index in [1.165, 1.54) is 6.07 Å². The number of aryl methyl sites for hydroxylation is 1. The molecule has 0 unspecified atom stereocenters. The van der Waals surface area contributed by atoms with Crippen LogP contribution in [0.15, 0.2) is 6.07 Å². The average molecular weight is 247 g/mol. The minimum absolute atomic E-state index is 0.0686. The number of carbonyl (C=O) groups is 1. The Kier molecular flexibility index (Phi) is 3.44. The minimum atomic E-state index is -1.07. The summed E-state index contributed by atoms with van der Waals surface area (Å²) in [6.07, 6.45) is 0. The molecular formula is C12H13N3O3. The fourth-order valence-corrected chi connectivity index (χ4v) is 1.88. The summed E-state index contributed by atoms with van der Waals surface area (Å²) >= 11 is 0. The zero-order chi connectivity index (χ0) is 13.1. The topological polar surface area (TPSA) is 86.5 Å². The van der Waals surface area contributed by atoms with Gasteiger partial charge in [0.2, 0.25) is 0 Å². The van der Waals surface area contributed by atoms with E-state index >= 15 is 0 Å². The van der Waals surface area contributed by atoms with Gasteiger partial charge in [-0.25, -0.2) is 9.78 Å². The Bertz CT molecular complexity index is 516. The van der Waals surface area contributed by atoms with Gasteiger partial charge >= 0.3 is 5.97 Å². The van der Waals surface area contributed by atoms with Gasteiger partial charge in [0.05, 0.1) is 24.5 Å². The molecule has 1 N–H and O–H groups in total.